The van der Waals surface area contributed by atoms with Crippen LogP contribution in [0.15, 0.2) is 27.1 Å². The van der Waals surface area contributed by atoms with Gasteiger partial charge in [-0.3, -0.25) is 19.1 Å². The number of fused-ring (bicyclic) bond motifs is 2. The fraction of sp³-hybridized carbons (Fsp3) is 0.429. The van der Waals surface area contributed by atoms with Gasteiger partial charge in [0.15, 0.2) is 5.65 Å². The molecule has 3 aromatic heterocycles. The van der Waals surface area contributed by atoms with Gasteiger partial charge in [0.25, 0.3) is 11.5 Å². The molecule has 0 spiro atoms. The van der Waals surface area contributed by atoms with Gasteiger partial charge in [0.2, 0.25) is 0 Å². The quantitative estimate of drug-likeness (QED) is 0.714. The minimum absolute atomic E-state index is 0.0558. The molecule has 0 radical (unpaired) electrons. The highest BCUT2D eigenvalue weighted by Crippen LogP contribution is 2.27. The molecule has 1 N–H and O–H groups in total. The molecular formula is C21H24N4O3S. The van der Waals surface area contributed by atoms with Gasteiger partial charge in [-0.2, -0.15) is 0 Å². The number of H-pyrrole nitrogens is 1. The Hall–Kier alpha value is -2.74. The molecule has 0 unspecified atom stereocenters. The summed E-state index contributed by atoms with van der Waals surface area (Å²) in [5, 5.41) is 2.24. The van der Waals surface area contributed by atoms with Crippen molar-refractivity contribution in [3.8, 4) is 0 Å². The molecule has 152 valence electrons. The first-order chi connectivity index (χ1) is 13.9. The number of carbonyl (C=O) groups is 1. The van der Waals surface area contributed by atoms with Crippen LogP contribution in [-0.4, -0.2) is 31.9 Å². The third-order valence-corrected chi connectivity index (χ3v) is 6.36. The fourth-order valence-electron chi connectivity index (χ4n) is 3.78. The van der Waals surface area contributed by atoms with Crippen LogP contribution in [0.3, 0.4) is 0 Å². The van der Waals surface area contributed by atoms with E-state index in [1.807, 2.05) is 26.2 Å². The van der Waals surface area contributed by atoms with Crippen molar-refractivity contribution in [2.24, 2.45) is 0 Å². The third kappa shape index (κ3) is 3.42. The molecule has 0 aliphatic carbocycles. The zero-order chi connectivity index (χ0) is 20.7. The average Bonchev–Trinajstić information content (AvgIpc) is 3.17. The van der Waals surface area contributed by atoms with Crippen LogP contribution in [0.25, 0.3) is 11.0 Å². The Balaban J connectivity index is 1.91. The van der Waals surface area contributed by atoms with Crippen molar-refractivity contribution in [1.29, 1.82) is 0 Å². The van der Waals surface area contributed by atoms with Gasteiger partial charge in [-0.15, -0.1) is 11.3 Å². The topological polar surface area (TPSA) is 88.1 Å². The minimum Gasteiger partial charge on any atom is -0.334 e. The molecule has 1 aliphatic heterocycles. The predicted molar refractivity (Wildman–Crippen MR) is 114 cm³/mol. The van der Waals surface area contributed by atoms with Crippen LogP contribution in [-0.2, 0) is 19.5 Å². The van der Waals surface area contributed by atoms with E-state index in [0.717, 1.165) is 12.0 Å². The second kappa shape index (κ2) is 7.59. The summed E-state index contributed by atoms with van der Waals surface area (Å²) in [6.07, 6.45) is 1.53. The number of aromatic nitrogens is 3. The largest absolute Gasteiger partial charge is 0.334 e. The monoisotopic (exact) mass is 412 g/mol. The van der Waals surface area contributed by atoms with Gasteiger partial charge >= 0.3 is 5.69 Å². The third-order valence-electron chi connectivity index (χ3n) is 5.33. The maximum absolute atomic E-state index is 13.5. The molecular weight excluding hydrogens is 388 g/mol. The number of rotatable bonds is 4. The molecule has 29 heavy (non-hydrogen) atoms. The first kappa shape index (κ1) is 19.6. The van der Waals surface area contributed by atoms with Crippen molar-refractivity contribution in [3.63, 3.8) is 0 Å². The van der Waals surface area contributed by atoms with Gasteiger partial charge in [-0.1, -0.05) is 20.8 Å². The Kier molecular flexibility index (Phi) is 5.12. The summed E-state index contributed by atoms with van der Waals surface area (Å²) in [5.41, 5.74) is 1.43. The van der Waals surface area contributed by atoms with Gasteiger partial charge in [0.1, 0.15) is 0 Å². The summed E-state index contributed by atoms with van der Waals surface area (Å²) < 4.78 is 1.46. The zero-order valence-corrected chi connectivity index (χ0v) is 17.6. The smallest absolute Gasteiger partial charge is 0.329 e. The van der Waals surface area contributed by atoms with E-state index >= 15 is 0 Å². The maximum Gasteiger partial charge on any atom is 0.329 e. The summed E-state index contributed by atoms with van der Waals surface area (Å²) in [7, 11) is 0. The van der Waals surface area contributed by atoms with E-state index in [0.29, 0.717) is 43.0 Å². The molecule has 0 saturated carbocycles. The Morgan fingerprint density at radius 2 is 2.14 bits per heavy atom. The molecule has 0 saturated heterocycles. The molecule has 8 heteroatoms. The van der Waals surface area contributed by atoms with Gasteiger partial charge in [0, 0.05) is 30.2 Å². The standard InChI is InChI=1S/C21H24N4O3S/c1-4-7-25-18-17(19(26)23-21(25)28)14(10-15(22-18)12(2)3)20(27)24-8-5-16-13(11-24)6-9-29-16/h6,9-10,12H,4-5,7-8,11H2,1-3H3,(H,23,26,28). The summed E-state index contributed by atoms with van der Waals surface area (Å²) in [4.78, 5) is 48.7. The molecule has 0 aromatic carbocycles. The van der Waals surface area contributed by atoms with Gasteiger partial charge < -0.3 is 4.90 Å². The van der Waals surface area contributed by atoms with Crippen molar-refractivity contribution in [2.75, 3.05) is 6.54 Å². The highest BCUT2D eigenvalue weighted by molar-refractivity contribution is 7.10. The molecule has 4 heterocycles. The van der Waals surface area contributed by atoms with Gasteiger partial charge in [-0.25, -0.2) is 9.78 Å². The number of thiophene rings is 1. The molecule has 0 atom stereocenters. The summed E-state index contributed by atoms with van der Waals surface area (Å²) >= 11 is 1.71. The van der Waals surface area contributed by atoms with E-state index in [1.54, 1.807) is 22.3 Å². The lowest BCUT2D eigenvalue weighted by Crippen LogP contribution is -2.37. The van der Waals surface area contributed by atoms with Crippen molar-refractivity contribution in [1.82, 2.24) is 19.4 Å². The number of nitrogens with one attached hydrogen (secondary N) is 1. The molecule has 0 fully saturated rings. The molecule has 3 aromatic rings. The summed E-state index contributed by atoms with van der Waals surface area (Å²) in [6, 6.07) is 3.77. The van der Waals surface area contributed by atoms with Crippen LogP contribution in [0.1, 0.15) is 59.6 Å². The molecule has 1 aliphatic rings. The maximum atomic E-state index is 13.5. The van der Waals surface area contributed by atoms with Crippen LogP contribution >= 0.6 is 11.3 Å². The lowest BCUT2D eigenvalue weighted by Gasteiger charge is -2.27. The van der Waals surface area contributed by atoms with Crippen LogP contribution in [0.5, 0.6) is 0 Å². The number of aryl methyl sites for hydroxylation is 1. The SMILES string of the molecule is CCCn1c(=O)[nH]c(=O)c2c(C(=O)N3CCc4sccc4C3)cc(C(C)C)nc21. The highest BCUT2D eigenvalue weighted by atomic mass is 32.1. The zero-order valence-electron chi connectivity index (χ0n) is 16.8. The van der Waals surface area contributed by atoms with Crippen molar-refractivity contribution < 1.29 is 4.79 Å². The number of aromatic amines is 1. The number of carbonyl (C=O) groups excluding carboxylic acids is 1. The minimum atomic E-state index is -0.559. The van der Waals surface area contributed by atoms with E-state index in [-0.39, 0.29) is 17.2 Å². The van der Waals surface area contributed by atoms with Gasteiger partial charge in [0.05, 0.1) is 10.9 Å². The van der Waals surface area contributed by atoms with Gasteiger partial charge in [-0.05, 0) is 41.8 Å². The first-order valence-electron chi connectivity index (χ1n) is 9.93. The van der Waals surface area contributed by atoms with Crippen molar-refractivity contribution in [3.05, 3.63) is 60.0 Å². The lowest BCUT2D eigenvalue weighted by atomic mass is 10.0. The highest BCUT2D eigenvalue weighted by Gasteiger charge is 2.27. The number of amides is 1. The van der Waals surface area contributed by atoms with Crippen molar-refractivity contribution in [2.45, 2.75) is 52.6 Å². The Morgan fingerprint density at radius 3 is 2.86 bits per heavy atom. The Bertz CT molecular complexity index is 1200. The van der Waals surface area contributed by atoms with E-state index in [1.165, 1.54) is 9.44 Å². The van der Waals surface area contributed by atoms with E-state index < -0.39 is 11.2 Å². The van der Waals surface area contributed by atoms with E-state index in [9.17, 15) is 14.4 Å². The summed E-state index contributed by atoms with van der Waals surface area (Å²) in [5.74, 6) is -0.136. The Morgan fingerprint density at radius 1 is 1.34 bits per heavy atom. The van der Waals surface area contributed by atoms with Crippen LogP contribution in [0, 0.1) is 0 Å². The summed E-state index contributed by atoms with van der Waals surface area (Å²) in [6.45, 7) is 7.49. The molecule has 0 bridgehead atoms. The molecule has 4 rings (SSSR count). The van der Waals surface area contributed by atoms with Crippen molar-refractivity contribution >= 4 is 28.3 Å². The normalized spacial score (nSPS) is 13.9. The van der Waals surface area contributed by atoms with E-state index in [2.05, 4.69) is 16.0 Å². The Labute approximate surface area is 172 Å². The number of hydrogen-bond acceptors (Lipinski definition) is 5. The molecule has 1 amide bonds. The predicted octanol–water partition coefficient (Wildman–Crippen LogP) is 2.88. The van der Waals surface area contributed by atoms with E-state index in [4.69, 9.17) is 0 Å². The van der Waals surface area contributed by atoms with Crippen LogP contribution in [0.2, 0.25) is 0 Å². The second-order valence-electron chi connectivity index (χ2n) is 7.70. The fourth-order valence-corrected chi connectivity index (χ4v) is 4.67. The number of hydrogen-bond donors (Lipinski definition) is 1. The first-order valence-corrected chi connectivity index (χ1v) is 10.8. The van der Waals surface area contributed by atoms with Crippen LogP contribution in [0.4, 0.5) is 0 Å². The second-order valence-corrected chi connectivity index (χ2v) is 8.71. The average molecular weight is 413 g/mol. The lowest BCUT2D eigenvalue weighted by molar-refractivity contribution is 0.0737. The number of pyridine rings is 1. The number of nitrogens with zero attached hydrogens (tertiary/aromatic N) is 3. The molecule has 7 nitrogen and oxygen atoms in total. The van der Waals surface area contributed by atoms with Crippen LogP contribution < -0.4 is 11.2 Å².